The number of nitrogens with zero attached hydrogens (tertiary/aromatic N) is 1. The highest BCUT2D eigenvalue weighted by Gasteiger charge is 2.25. The molecule has 34 heavy (non-hydrogen) atoms. The molecule has 0 spiro atoms. The first kappa shape index (κ1) is 25.7. The van der Waals surface area contributed by atoms with E-state index in [-0.39, 0.29) is 18.7 Å². The number of benzene rings is 2. The minimum atomic E-state index is -1.15. The van der Waals surface area contributed by atoms with Crippen LogP contribution in [0.1, 0.15) is 39.5 Å². The summed E-state index contributed by atoms with van der Waals surface area (Å²) in [6.45, 7) is 6.27. The molecular formula is C27H35FN2O4. The third-order valence-corrected chi connectivity index (χ3v) is 5.93. The summed E-state index contributed by atoms with van der Waals surface area (Å²) in [7, 11) is 1.30. The van der Waals surface area contributed by atoms with Gasteiger partial charge in [0.25, 0.3) is 0 Å². The van der Waals surface area contributed by atoms with Gasteiger partial charge >= 0.3 is 5.97 Å². The van der Waals surface area contributed by atoms with Gasteiger partial charge in [-0.05, 0) is 81.1 Å². The monoisotopic (exact) mass is 470 g/mol. The standard InChI is InChI=1S/C27H35FN2O4/c1-27(2,28)19-30-16-14-20(15-17-30)18-34-24-10-6-22(7-11-24)21-4-8-23(9-5-21)29-25(31)12-13-26(32)33-3/h4-11,20H,12-19H2,1-3H3,(H,29,31). The van der Waals surface area contributed by atoms with E-state index >= 15 is 0 Å². The number of piperidine rings is 1. The van der Waals surface area contributed by atoms with E-state index < -0.39 is 11.6 Å². The number of nitrogens with one attached hydrogen (secondary N) is 1. The maximum atomic E-state index is 13.8. The molecule has 3 rings (SSSR count). The van der Waals surface area contributed by atoms with E-state index in [2.05, 4.69) is 15.0 Å². The maximum Gasteiger partial charge on any atom is 0.306 e. The molecule has 7 heteroatoms. The van der Waals surface area contributed by atoms with Crippen LogP contribution in [-0.4, -0.2) is 55.8 Å². The number of hydrogen-bond acceptors (Lipinski definition) is 5. The van der Waals surface area contributed by atoms with Gasteiger partial charge in [0.05, 0.1) is 20.1 Å². The van der Waals surface area contributed by atoms with Crippen LogP contribution in [-0.2, 0) is 14.3 Å². The van der Waals surface area contributed by atoms with Crippen LogP contribution >= 0.6 is 0 Å². The zero-order valence-electron chi connectivity index (χ0n) is 20.3. The van der Waals surface area contributed by atoms with Crippen molar-refractivity contribution in [2.75, 3.05) is 38.7 Å². The first-order chi connectivity index (χ1) is 16.2. The summed E-state index contributed by atoms with van der Waals surface area (Å²) in [5.41, 5.74) is 1.62. The van der Waals surface area contributed by atoms with Crippen LogP contribution in [0.2, 0.25) is 0 Å². The minimum Gasteiger partial charge on any atom is -0.493 e. The van der Waals surface area contributed by atoms with Crippen molar-refractivity contribution in [3.05, 3.63) is 48.5 Å². The molecule has 2 aromatic carbocycles. The minimum absolute atomic E-state index is 0.0610. The van der Waals surface area contributed by atoms with Crippen LogP contribution in [0.4, 0.5) is 10.1 Å². The van der Waals surface area contributed by atoms with Crippen LogP contribution in [0.3, 0.4) is 0 Å². The number of carbonyl (C=O) groups excluding carboxylic acids is 2. The first-order valence-electron chi connectivity index (χ1n) is 11.8. The Morgan fingerprint density at radius 1 is 1.00 bits per heavy atom. The third kappa shape index (κ3) is 8.45. The Bertz CT molecular complexity index is 931. The molecule has 0 saturated carbocycles. The second-order valence-corrected chi connectivity index (χ2v) is 9.48. The van der Waals surface area contributed by atoms with Gasteiger partial charge in [-0.25, -0.2) is 4.39 Å². The van der Waals surface area contributed by atoms with Crippen molar-refractivity contribution in [3.63, 3.8) is 0 Å². The second-order valence-electron chi connectivity index (χ2n) is 9.48. The molecule has 1 amide bonds. The lowest BCUT2D eigenvalue weighted by Crippen LogP contribution is -2.41. The average molecular weight is 471 g/mol. The Morgan fingerprint density at radius 2 is 1.59 bits per heavy atom. The van der Waals surface area contributed by atoms with Crippen molar-refractivity contribution in [2.24, 2.45) is 5.92 Å². The normalized spacial score (nSPS) is 15.1. The fourth-order valence-corrected chi connectivity index (χ4v) is 4.09. The van der Waals surface area contributed by atoms with Crippen LogP contribution in [0, 0.1) is 5.92 Å². The SMILES string of the molecule is COC(=O)CCC(=O)Nc1ccc(-c2ccc(OCC3CCN(CC(C)(C)F)CC3)cc2)cc1. The molecule has 1 fully saturated rings. The lowest BCUT2D eigenvalue weighted by Gasteiger charge is -2.34. The van der Waals surface area contributed by atoms with Crippen LogP contribution in [0.25, 0.3) is 11.1 Å². The first-order valence-corrected chi connectivity index (χ1v) is 11.8. The molecule has 0 aliphatic carbocycles. The number of likely N-dealkylation sites (tertiary alicyclic amines) is 1. The highest BCUT2D eigenvalue weighted by molar-refractivity contribution is 5.92. The van der Waals surface area contributed by atoms with Crippen molar-refractivity contribution in [1.29, 1.82) is 0 Å². The molecule has 1 heterocycles. The van der Waals surface area contributed by atoms with Gasteiger partial charge in [-0.1, -0.05) is 24.3 Å². The Balaban J connectivity index is 1.44. The Kier molecular flexibility index (Phi) is 9.05. The summed E-state index contributed by atoms with van der Waals surface area (Å²) >= 11 is 0. The lowest BCUT2D eigenvalue weighted by molar-refractivity contribution is -0.141. The number of amides is 1. The Labute approximate surface area is 201 Å². The number of methoxy groups -OCH3 is 1. The molecule has 6 nitrogen and oxygen atoms in total. The van der Waals surface area contributed by atoms with E-state index in [1.807, 2.05) is 48.5 Å². The number of hydrogen-bond donors (Lipinski definition) is 1. The Morgan fingerprint density at radius 3 is 2.15 bits per heavy atom. The second kappa shape index (κ2) is 12.0. The van der Waals surface area contributed by atoms with Gasteiger partial charge in [0.15, 0.2) is 0 Å². The summed E-state index contributed by atoms with van der Waals surface area (Å²) in [5.74, 6) is 0.706. The predicted molar refractivity (Wildman–Crippen MR) is 132 cm³/mol. The van der Waals surface area contributed by atoms with Gasteiger partial charge in [-0.3, -0.25) is 9.59 Å². The van der Waals surface area contributed by atoms with Crippen molar-refractivity contribution >= 4 is 17.6 Å². The van der Waals surface area contributed by atoms with Crippen LogP contribution < -0.4 is 10.1 Å². The summed E-state index contributed by atoms with van der Waals surface area (Å²) < 4.78 is 24.4. The molecule has 1 N–H and O–H groups in total. The van der Waals surface area contributed by atoms with Crippen molar-refractivity contribution < 1.29 is 23.5 Å². The fourth-order valence-electron chi connectivity index (χ4n) is 4.09. The van der Waals surface area contributed by atoms with Gasteiger partial charge in [0.1, 0.15) is 11.4 Å². The van der Waals surface area contributed by atoms with Gasteiger partial charge in [-0.2, -0.15) is 0 Å². The van der Waals surface area contributed by atoms with Gasteiger partial charge in [0, 0.05) is 18.7 Å². The molecule has 1 aliphatic rings. The molecule has 0 atom stereocenters. The summed E-state index contributed by atoms with van der Waals surface area (Å²) in [6, 6.07) is 15.5. The van der Waals surface area contributed by atoms with Gasteiger partial charge in [0.2, 0.25) is 5.91 Å². The fraction of sp³-hybridized carbons (Fsp3) is 0.481. The van der Waals surface area contributed by atoms with Crippen LogP contribution in [0.5, 0.6) is 5.75 Å². The molecule has 1 saturated heterocycles. The molecule has 2 aromatic rings. The summed E-state index contributed by atoms with van der Waals surface area (Å²) in [5, 5.41) is 2.78. The topological polar surface area (TPSA) is 67.9 Å². The lowest BCUT2D eigenvalue weighted by atomic mass is 9.97. The molecule has 0 bridgehead atoms. The number of alkyl halides is 1. The summed E-state index contributed by atoms with van der Waals surface area (Å²) in [6.07, 6.45) is 2.20. The van der Waals surface area contributed by atoms with E-state index in [0.717, 1.165) is 42.8 Å². The zero-order chi connectivity index (χ0) is 24.6. The van der Waals surface area contributed by atoms with Gasteiger partial charge in [-0.15, -0.1) is 0 Å². The van der Waals surface area contributed by atoms with E-state index in [1.165, 1.54) is 7.11 Å². The quantitative estimate of drug-likeness (QED) is 0.490. The molecule has 184 valence electrons. The molecule has 1 aliphatic heterocycles. The predicted octanol–water partition coefficient (Wildman–Crippen LogP) is 5.08. The number of ether oxygens (including phenoxy) is 2. The van der Waals surface area contributed by atoms with Crippen molar-refractivity contribution in [3.8, 4) is 16.9 Å². The van der Waals surface area contributed by atoms with E-state index in [1.54, 1.807) is 13.8 Å². The number of anilines is 1. The van der Waals surface area contributed by atoms with E-state index in [9.17, 15) is 14.0 Å². The highest BCUT2D eigenvalue weighted by atomic mass is 19.1. The number of esters is 1. The Hall–Kier alpha value is -2.93. The van der Waals surface area contributed by atoms with E-state index in [4.69, 9.17) is 4.74 Å². The number of halogens is 1. The maximum absolute atomic E-state index is 13.8. The summed E-state index contributed by atoms with van der Waals surface area (Å²) in [4.78, 5) is 25.3. The van der Waals surface area contributed by atoms with Crippen molar-refractivity contribution in [2.45, 2.75) is 45.2 Å². The third-order valence-electron chi connectivity index (χ3n) is 5.93. The van der Waals surface area contributed by atoms with E-state index in [0.29, 0.717) is 24.8 Å². The number of rotatable bonds is 10. The largest absolute Gasteiger partial charge is 0.493 e. The highest BCUT2D eigenvalue weighted by Crippen LogP contribution is 2.26. The molecule has 0 aromatic heterocycles. The molecular weight excluding hydrogens is 435 g/mol. The van der Waals surface area contributed by atoms with Gasteiger partial charge < -0.3 is 19.7 Å². The van der Waals surface area contributed by atoms with Crippen LogP contribution in [0.15, 0.2) is 48.5 Å². The average Bonchev–Trinajstić information content (AvgIpc) is 2.82. The smallest absolute Gasteiger partial charge is 0.306 e. The molecule has 0 radical (unpaired) electrons. The molecule has 0 unspecified atom stereocenters. The number of carbonyl (C=O) groups is 2. The van der Waals surface area contributed by atoms with Crippen molar-refractivity contribution in [1.82, 2.24) is 4.90 Å². The zero-order valence-corrected chi connectivity index (χ0v) is 20.3.